The van der Waals surface area contributed by atoms with E-state index in [0.29, 0.717) is 17.5 Å². The normalized spacial score (nSPS) is 11.8. The highest BCUT2D eigenvalue weighted by Crippen LogP contribution is 2.41. The van der Waals surface area contributed by atoms with Crippen molar-refractivity contribution in [2.24, 2.45) is 0 Å². The van der Waals surface area contributed by atoms with E-state index in [9.17, 15) is 0 Å². The SMILES string of the molecule is c1ccc(-c2nc(-c3cccc4oc5ccccc5c34)nc(-c3cccc4oc5c(-c6ccc7ccccc7c6)cccc5c34)n2)cc1. The molecule has 5 heteroatoms. The quantitative estimate of drug-likeness (QED) is 0.197. The van der Waals surface area contributed by atoms with Crippen LogP contribution in [0.2, 0.25) is 0 Å². The van der Waals surface area contributed by atoms with Gasteiger partial charge in [0.2, 0.25) is 0 Å². The highest BCUT2D eigenvalue weighted by atomic mass is 16.3. The van der Waals surface area contributed by atoms with Crippen molar-refractivity contribution in [1.29, 1.82) is 0 Å². The van der Waals surface area contributed by atoms with Gasteiger partial charge in [-0.2, -0.15) is 0 Å². The first kappa shape index (κ1) is 26.6. The Hall–Kier alpha value is -6.59. The van der Waals surface area contributed by atoms with E-state index in [1.807, 2.05) is 72.8 Å². The second-order valence-electron chi connectivity index (χ2n) is 12.0. The number of nitrogens with zero attached hydrogens (tertiary/aromatic N) is 3. The third kappa shape index (κ3) is 4.15. The fourth-order valence-corrected chi connectivity index (χ4v) is 6.91. The summed E-state index contributed by atoms with van der Waals surface area (Å²) in [6.45, 7) is 0. The summed E-state index contributed by atoms with van der Waals surface area (Å²) >= 11 is 0. The molecule has 0 radical (unpaired) electrons. The smallest absolute Gasteiger partial charge is 0.164 e. The molecule has 0 N–H and O–H groups in total. The predicted octanol–water partition coefficient (Wildman–Crippen LogP) is 11.5. The van der Waals surface area contributed by atoms with Gasteiger partial charge in [0, 0.05) is 43.8 Å². The first-order valence-electron chi connectivity index (χ1n) is 15.9. The second-order valence-corrected chi connectivity index (χ2v) is 12.0. The fraction of sp³-hybridized carbons (Fsp3) is 0. The molecule has 48 heavy (non-hydrogen) atoms. The van der Waals surface area contributed by atoms with Gasteiger partial charge < -0.3 is 8.83 Å². The number of para-hydroxylation sites is 2. The molecule has 10 aromatic rings. The molecule has 0 saturated carbocycles. The third-order valence-electron chi connectivity index (χ3n) is 9.13. The molecule has 0 aliphatic rings. The summed E-state index contributed by atoms with van der Waals surface area (Å²) in [5.41, 5.74) is 8.07. The maximum Gasteiger partial charge on any atom is 0.164 e. The van der Waals surface area contributed by atoms with Gasteiger partial charge in [0.25, 0.3) is 0 Å². The summed E-state index contributed by atoms with van der Waals surface area (Å²) in [5, 5.41) is 6.39. The van der Waals surface area contributed by atoms with Crippen LogP contribution < -0.4 is 0 Å². The molecular formula is C43H25N3O2. The van der Waals surface area contributed by atoms with E-state index in [-0.39, 0.29) is 0 Å². The molecule has 0 atom stereocenters. The van der Waals surface area contributed by atoms with Crippen LogP contribution >= 0.6 is 0 Å². The van der Waals surface area contributed by atoms with Gasteiger partial charge in [-0.15, -0.1) is 0 Å². The number of benzene rings is 7. The van der Waals surface area contributed by atoms with Gasteiger partial charge in [-0.05, 0) is 40.6 Å². The van der Waals surface area contributed by atoms with Gasteiger partial charge in [-0.1, -0.05) is 127 Å². The highest BCUT2D eigenvalue weighted by molar-refractivity contribution is 6.15. The topological polar surface area (TPSA) is 65.0 Å². The zero-order valence-electron chi connectivity index (χ0n) is 25.6. The van der Waals surface area contributed by atoms with Crippen LogP contribution in [0.3, 0.4) is 0 Å². The van der Waals surface area contributed by atoms with Crippen molar-refractivity contribution >= 4 is 54.6 Å². The Labute approximate surface area is 274 Å². The first-order chi connectivity index (χ1) is 23.8. The maximum atomic E-state index is 6.65. The summed E-state index contributed by atoms with van der Waals surface area (Å²) in [6.07, 6.45) is 0. The van der Waals surface area contributed by atoms with E-state index in [2.05, 4.69) is 78.9 Å². The molecule has 10 rings (SSSR count). The minimum absolute atomic E-state index is 0.577. The van der Waals surface area contributed by atoms with E-state index in [4.69, 9.17) is 23.8 Å². The lowest BCUT2D eigenvalue weighted by Crippen LogP contribution is -2.00. The number of rotatable bonds is 4. The molecule has 0 fully saturated rings. The van der Waals surface area contributed by atoms with Gasteiger partial charge in [0.1, 0.15) is 22.3 Å². The van der Waals surface area contributed by atoms with Crippen LogP contribution in [0.15, 0.2) is 160 Å². The highest BCUT2D eigenvalue weighted by Gasteiger charge is 2.21. The average Bonchev–Trinajstić information content (AvgIpc) is 3.73. The lowest BCUT2D eigenvalue weighted by Gasteiger charge is -2.10. The van der Waals surface area contributed by atoms with Gasteiger partial charge in [0.15, 0.2) is 17.5 Å². The van der Waals surface area contributed by atoms with E-state index in [0.717, 1.165) is 71.7 Å². The Kier molecular flexibility index (Phi) is 5.81. The zero-order chi connectivity index (χ0) is 31.6. The van der Waals surface area contributed by atoms with Crippen LogP contribution in [0.4, 0.5) is 0 Å². The Morgan fingerprint density at radius 2 is 0.938 bits per heavy atom. The summed E-state index contributed by atoms with van der Waals surface area (Å²) in [6, 6.07) is 51.6. The molecular weight excluding hydrogens is 590 g/mol. The zero-order valence-corrected chi connectivity index (χ0v) is 25.6. The lowest BCUT2D eigenvalue weighted by molar-refractivity contribution is 0.669. The van der Waals surface area contributed by atoms with Crippen LogP contribution in [0.5, 0.6) is 0 Å². The number of hydrogen-bond acceptors (Lipinski definition) is 5. The summed E-state index contributed by atoms with van der Waals surface area (Å²) < 4.78 is 12.9. The average molecular weight is 616 g/mol. The molecule has 0 aliphatic heterocycles. The third-order valence-corrected chi connectivity index (χ3v) is 9.13. The van der Waals surface area contributed by atoms with Crippen molar-refractivity contribution < 1.29 is 8.83 Å². The van der Waals surface area contributed by atoms with E-state index < -0.39 is 0 Å². The van der Waals surface area contributed by atoms with Gasteiger partial charge in [0.05, 0.1) is 0 Å². The van der Waals surface area contributed by atoms with Crippen molar-refractivity contribution in [3.05, 3.63) is 152 Å². The Bertz CT molecular complexity index is 2850. The Morgan fingerprint density at radius 3 is 1.75 bits per heavy atom. The first-order valence-corrected chi connectivity index (χ1v) is 15.9. The maximum absolute atomic E-state index is 6.65. The van der Waals surface area contributed by atoms with Gasteiger partial charge in [-0.25, -0.2) is 15.0 Å². The van der Waals surface area contributed by atoms with Crippen molar-refractivity contribution in [3.63, 3.8) is 0 Å². The fourth-order valence-electron chi connectivity index (χ4n) is 6.91. The molecule has 5 nitrogen and oxygen atoms in total. The Balaban J connectivity index is 1.23. The van der Waals surface area contributed by atoms with Crippen molar-refractivity contribution in [2.75, 3.05) is 0 Å². The number of fused-ring (bicyclic) bond motifs is 7. The second kappa shape index (κ2) is 10.5. The van der Waals surface area contributed by atoms with Gasteiger partial charge in [-0.3, -0.25) is 0 Å². The van der Waals surface area contributed by atoms with Crippen molar-refractivity contribution in [2.45, 2.75) is 0 Å². The molecule has 0 amide bonds. The Morgan fingerprint density at radius 1 is 0.354 bits per heavy atom. The van der Waals surface area contributed by atoms with Crippen LogP contribution in [0.1, 0.15) is 0 Å². The lowest BCUT2D eigenvalue weighted by atomic mass is 9.98. The van der Waals surface area contributed by atoms with Crippen LogP contribution in [0.25, 0.3) is 99.9 Å². The largest absolute Gasteiger partial charge is 0.456 e. The van der Waals surface area contributed by atoms with Crippen LogP contribution in [-0.2, 0) is 0 Å². The molecule has 0 aliphatic carbocycles. The van der Waals surface area contributed by atoms with Crippen LogP contribution in [-0.4, -0.2) is 15.0 Å². The summed E-state index contributed by atoms with van der Waals surface area (Å²) in [7, 11) is 0. The summed E-state index contributed by atoms with van der Waals surface area (Å²) in [4.78, 5) is 15.3. The molecule has 0 saturated heterocycles. The standard InChI is InChI=1S/C43H25N3O2/c1-2-12-27(13-3-1)41-44-42(33-18-9-21-36-38(33)31-15-6-7-20-35(31)47-36)46-43(45-41)34-19-10-22-37-39(34)32-17-8-16-30(40(32)48-37)29-24-23-26-11-4-5-14-28(26)25-29/h1-25H. The molecule has 7 aromatic carbocycles. The number of furan rings is 2. The van der Waals surface area contributed by atoms with Crippen molar-refractivity contribution in [1.82, 2.24) is 15.0 Å². The minimum atomic E-state index is 0.577. The van der Waals surface area contributed by atoms with E-state index in [1.54, 1.807) is 0 Å². The van der Waals surface area contributed by atoms with Gasteiger partial charge >= 0.3 is 0 Å². The monoisotopic (exact) mass is 615 g/mol. The molecule has 0 bridgehead atoms. The molecule has 3 aromatic heterocycles. The molecule has 3 heterocycles. The van der Waals surface area contributed by atoms with Crippen molar-refractivity contribution in [3.8, 4) is 45.3 Å². The molecule has 0 unspecified atom stereocenters. The van der Waals surface area contributed by atoms with E-state index in [1.165, 1.54) is 10.8 Å². The van der Waals surface area contributed by atoms with E-state index >= 15 is 0 Å². The predicted molar refractivity (Wildman–Crippen MR) is 194 cm³/mol. The minimum Gasteiger partial charge on any atom is -0.456 e. The number of aromatic nitrogens is 3. The summed E-state index contributed by atoms with van der Waals surface area (Å²) in [5.74, 6) is 1.76. The number of hydrogen-bond donors (Lipinski definition) is 0. The molecule has 0 spiro atoms. The molecule has 224 valence electrons. The van der Waals surface area contributed by atoms with Crippen LogP contribution in [0, 0.1) is 0 Å².